The molecule has 0 aliphatic heterocycles. The van der Waals surface area contributed by atoms with Gasteiger partial charge < -0.3 is 11.1 Å². The van der Waals surface area contributed by atoms with E-state index >= 15 is 0 Å². The van der Waals surface area contributed by atoms with Gasteiger partial charge in [-0.05, 0) is 30.3 Å². The molecule has 0 atom stereocenters. The molecule has 2 aromatic heterocycles. The predicted molar refractivity (Wildman–Crippen MR) is 81.6 cm³/mol. The summed E-state index contributed by atoms with van der Waals surface area (Å²) in [5, 5.41) is 8.57. The Balaban J connectivity index is 1.78. The number of nitrogens with one attached hydrogen (secondary N) is 1. The van der Waals surface area contributed by atoms with Crippen LogP contribution < -0.4 is 11.1 Å². The van der Waals surface area contributed by atoms with Gasteiger partial charge in [-0.3, -0.25) is 9.67 Å². The van der Waals surface area contributed by atoms with Crippen molar-refractivity contribution in [2.24, 2.45) is 7.05 Å². The van der Waals surface area contributed by atoms with Gasteiger partial charge in [0.05, 0.1) is 11.2 Å². The first-order valence-corrected chi connectivity index (χ1v) is 6.59. The predicted octanol–water partition coefficient (Wildman–Crippen LogP) is 2.21. The topological polar surface area (TPSA) is 68.8 Å². The van der Waals surface area contributed by atoms with Crippen molar-refractivity contribution >= 4 is 22.3 Å². The molecule has 3 N–H and O–H groups in total. The van der Waals surface area contributed by atoms with Crippen LogP contribution in [0.5, 0.6) is 0 Å². The zero-order valence-corrected chi connectivity index (χ0v) is 11.4. The van der Waals surface area contributed by atoms with E-state index < -0.39 is 0 Å². The third-order valence-corrected chi connectivity index (χ3v) is 3.42. The summed E-state index contributed by atoms with van der Waals surface area (Å²) in [6, 6.07) is 9.81. The Morgan fingerprint density at radius 2 is 2.10 bits per heavy atom. The van der Waals surface area contributed by atoms with Gasteiger partial charge in [0.25, 0.3) is 0 Å². The lowest BCUT2D eigenvalue weighted by molar-refractivity contribution is 0.711. The van der Waals surface area contributed by atoms with Gasteiger partial charge in [-0.1, -0.05) is 0 Å². The van der Waals surface area contributed by atoms with Crippen LogP contribution in [-0.2, 0) is 13.5 Å². The van der Waals surface area contributed by atoms with E-state index in [4.69, 9.17) is 5.73 Å². The van der Waals surface area contributed by atoms with Crippen LogP contribution in [0, 0.1) is 0 Å². The molecule has 0 saturated heterocycles. The van der Waals surface area contributed by atoms with Gasteiger partial charge in [-0.25, -0.2) is 0 Å². The molecule has 0 spiro atoms. The Hall–Kier alpha value is -2.56. The SMILES string of the molecule is Cn1nccc1CCNc1ccc(N)c2cccnc12. The largest absolute Gasteiger partial charge is 0.398 e. The quantitative estimate of drug-likeness (QED) is 0.711. The molecular formula is C15H17N5. The molecule has 2 heterocycles. The van der Waals surface area contributed by atoms with Gasteiger partial charge in [0, 0.05) is 49.2 Å². The Kier molecular flexibility index (Phi) is 3.25. The molecular weight excluding hydrogens is 250 g/mol. The van der Waals surface area contributed by atoms with Crippen molar-refractivity contribution in [3.8, 4) is 0 Å². The summed E-state index contributed by atoms with van der Waals surface area (Å²) in [5.74, 6) is 0. The van der Waals surface area contributed by atoms with Crippen LogP contribution in [-0.4, -0.2) is 21.3 Å². The maximum Gasteiger partial charge on any atom is 0.0953 e. The third-order valence-electron chi connectivity index (χ3n) is 3.42. The molecule has 0 amide bonds. The summed E-state index contributed by atoms with van der Waals surface area (Å²) in [4.78, 5) is 4.42. The Labute approximate surface area is 117 Å². The normalized spacial score (nSPS) is 10.8. The van der Waals surface area contributed by atoms with Crippen molar-refractivity contribution < 1.29 is 0 Å². The molecule has 102 valence electrons. The molecule has 0 aliphatic rings. The highest BCUT2D eigenvalue weighted by atomic mass is 15.3. The van der Waals surface area contributed by atoms with Crippen LogP contribution in [0.15, 0.2) is 42.7 Å². The molecule has 0 radical (unpaired) electrons. The first-order valence-electron chi connectivity index (χ1n) is 6.59. The van der Waals surface area contributed by atoms with Gasteiger partial charge >= 0.3 is 0 Å². The Morgan fingerprint density at radius 3 is 2.90 bits per heavy atom. The van der Waals surface area contributed by atoms with E-state index in [1.165, 1.54) is 5.69 Å². The molecule has 0 fully saturated rings. The number of hydrogen-bond acceptors (Lipinski definition) is 4. The molecule has 5 nitrogen and oxygen atoms in total. The first kappa shape index (κ1) is 12.5. The average Bonchev–Trinajstić information content (AvgIpc) is 2.87. The standard InChI is InChI=1S/C15H17N5/c1-20-11(7-10-19-20)6-9-17-14-5-4-13(16)12-3-2-8-18-15(12)14/h2-5,7-8,10,17H,6,9,16H2,1H3. The van der Waals surface area contributed by atoms with Crippen LogP contribution >= 0.6 is 0 Å². The van der Waals surface area contributed by atoms with Crippen molar-refractivity contribution in [2.45, 2.75) is 6.42 Å². The second kappa shape index (κ2) is 5.21. The van der Waals surface area contributed by atoms with Gasteiger partial charge in [0.1, 0.15) is 0 Å². The zero-order chi connectivity index (χ0) is 13.9. The second-order valence-corrected chi connectivity index (χ2v) is 4.72. The molecule has 5 heteroatoms. The number of hydrogen-bond donors (Lipinski definition) is 2. The lowest BCUT2D eigenvalue weighted by Gasteiger charge is -2.10. The lowest BCUT2D eigenvalue weighted by atomic mass is 10.1. The van der Waals surface area contributed by atoms with Crippen LogP contribution in [0.4, 0.5) is 11.4 Å². The highest BCUT2D eigenvalue weighted by molar-refractivity contribution is 5.98. The van der Waals surface area contributed by atoms with Crippen molar-refractivity contribution in [1.29, 1.82) is 0 Å². The van der Waals surface area contributed by atoms with Crippen LogP contribution in [0.2, 0.25) is 0 Å². The number of fused-ring (bicyclic) bond motifs is 1. The van der Waals surface area contributed by atoms with Crippen molar-refractivity contribution in [3.63, 3.8) is 0 Å². The summed E-state index contributed by atoms with van der Waals surface area (Å²) >= 11 is 0. The van der Waals surface area contributed by atoms with E-state index in [9.17, 15) is 0 Å². The fourth-order valence-electron chi connectivity index (χ4n) is 2.31. The van der Waals surface area contributed by atoms with Gasteiger partial charge in [0.2, 0.25) is 0 Å². The second-order valence-electron chi connectivity index (χ2n) is 4.72. The number of nitrogen functional groups attached to an aromatic ring is 1. The molecule has 1 aromatic carbocycles. The van der Waals surface area contributed by atoms with E-state index in [-0.39, 0.29) is 0 Å². The van der Waals surface area contributed by atoms with E-state index in [0.717, 1.165) is 35.2 Å². The molecule has 20 heavy (non-hydrogen) atoms. The van der Waals surface area contributed by atoms with Crippen molar-refractivity contribution in [3.05, 3.63) is 48.4 Å². The summed E-state index contributed by atoms with van der Waals surface area (Å²) in [6.07, 6.45) is 4.51. The molecule has 0 unspecified atom stereocenters. The van der Waals surface area contributed by atoms with Gasteiger partial charge in [-0.15, -0.1) is 0 Å². The third kappa shape index (κ3) is 2.30. The zero-order valence-electron chi connectivity index (χ0n) is 11.4. The number of aromatic nitrogens is 3. The minimum atomic E-state index is 0.755. The van der Waals surface area contributed by atoms with Crippen LogP contribution in [0.1, 0.15) is 5.69 Å². The smallest absolute Gasteiger partial charge is 0.0953 e. The molecule has 0 saturated carbocycles. The van der Waals surface area contributed by atoms with Crippen molar-refractivity contribution in [1.82, 2.24) is 14.8 Å². The van der Waals surface area contributed by atoms with Crippen molar-refractivity contribution in [2.75, 3.05) is 17.6 Å². The number of rotatable bonds is 4. The number of nitrogens with zero attached hydrogens (tertiary/aromatic N) is 3. The summed E-state index contributed by atoms with van der Waals surface area (Å²) in [7, 11) is 1.95. The van der Waals surface area contributed by atoms with E-state index in [1.807, 2.05) is 48.3 Å². The van der Waals surface area contributed by atoms with Crippen LogP contribution in [0.25, 0.3) is 10.9 Å². The highest BCUT2D eigenvalue weighted by Crippen LogP contribution is 2.26. The van der Waals surface area contributed by atoms with Crippen LogP contribution in [0.3, 0.4) is 0 Å². The highest BCUT2D eigenvalue weighted by Gasteiger charge is 2.05. The lowest BCUT2D eigenvalue weighted by Crippen LogP contribution is -2.09. The minimum Gasteiger partial charge on any atom is -0.398 e. The Bertz CT molecular complexity index is 732. The molecule has 3 aromatic rings. The molecule has 0 aliphatic carbocycles. The fourth-order valence-corrected chi connectivity index (χ4v) is 2.31. The first-order chi connectivity index (χ1) is 9.75. The van der Waals surface area contributed by atoms with E-state index in [2.05, 4.69) is 15.4 Å². The molecule has 0 bridgehead atoms. The number of aryl methyl sites for hydroxylation is 1. The minimum absolute atomic E-state index is 0.755. The van der Waals surface area contributed by atoms with Gasteiger partial charge in [0.15, 0.2) is 0 Å². The maximum atomic E-state index is 5.97. The van der Waals surface area contributed by atoms with Gasteiger partial charge in [-0.2, -0.15) is 5.10 Å². The average molecular weight is 267 g/mol. The van der Waals surface area contributed by atoms with E-state index in [0.29, 0.717) is 0 Å². The summed E-state index contributed by atoms with van der Waals surface area (Å²) in [6.45, 7) is 0.828. The Morgan fingerprint density at radius 1 is 1.20 bits per heavy atom. The summed E-state index contributed by atoms with van der Waals surface area (Å²) < 4.78 is 1.89. The number of benzene rings is 1. The fraction of sp³-hybridized carbons (Fsp3) is 0.200. The molecule has 3 rings (SSSR count). The monoisotopic (exact) mass is 267 g/mol. The number of pyridine rings is 1. The number of anilines is 2. The van der Waals surface area contributed by atoms with E-state index in [1.54, 1.807) is 6.20 Å². The maximum absolute atomic E-state index is 5.97. The summed E-state index contributed by atoms with van der Waals surface area (Å²) in [5.41, 5.74) is 9.85. The number of nitrogens with two attached hydrogens (primary N) is 1.